The lowest BCUT2D eigenvalue weighted by atomic mass is 10.1. The Morgan fingerprint density at radius 1 is 1.29 bits per heavy atom. The van der Waals surface area contributed by atoms with Gasteiger partial charge in [-0.2, -0.15) is 0 Å². The first-order chi connectivity index (χ1) is 14.9. The molecule has 2 heterocycles. The average molecular weight is 462 g/mol. The van der Waals surface area contributed by atoms with Crippen molar-refractivity contribution in [3.8, 4) is 5.75 Å². The van der Waals surface area contributed by atoms with E-state index in [1.54, 1.807) is 48.9 Å². The van der Waals surface area contributed by atoms with Crippen molar-refractivity contribution in [3.05, 3.63) is 76.8 Å². The highest BCUT2D eigenvalue weighted by atomic mass is 35.5. The fourth-order valence-corrected chi connectivity index (χ4v) is 3.95. The first-order valence-electron chi connectivity index (χ1n) is 9.67. The van der Waals surface area contributed by atoms with E-state index in [9.17, 15) is 4.79 Å². The molecule has 31 heavy (non-hydrogen) atoms. The number of ether oxygens (including phenoxy) is 3. The van der Waals surface area contributed by atoms with Crippen LogP contribution in [-0.4, -0.2) is 34.8 Å². The van der Waals surface area contributed by atoms with Crippen molar-refractivity contribution in [3.63, 3.8) is 0 Å². The fraction of sp³-hybridized carbons (Fsp3) is 0.273. The molecule has 1 N–H and O–H groups in total. The minimum atomic E-state index is -1.09. The molecule has 0 unspecified atom stereocenters. The molecular weight excluding hydrogens is 441 g/mol. The number of nitrogens with one attached hydrogen (secondary N) is 1. The van der Waals surface area contributed by atoms with Gasteiger partial charge in [-0.25, -0.2) is 4.98 Å². The van der Waals surface area contributed by atoms with Gasteiger partial charge in [0.25, 0.3) is 0 Å². The van der Waals surface area contributed by atoms with Crippen molar-refractivity contribution >= 4 is 34.8 Å². The van der Waals surface area contributed by atoms with Crippen LogP contribution in [0, 0.1) is 0 Å². The molecule has 3 aromatic rings. The van der Waals surface area contributed by atoms with Gasteiger partial charge >= 0.3 is 0 Å². The smallest absolute Gasteiger partial charge is 0.221 e. The van der Waals surface area contributed by atoms with Gasteiger partial charge in [0.2, 0.25) is 11.7 Å². The molecule has 1 aliphatic rings. The van der Waals surface area contributed by atoms with Gasteiger partial charge < -0.3 is 24.1 Å². The molecule has 1 aliphatic heterocycles. The van der Waals surface area contributed by atoms with Crippen LogP contribution in [0.1, 0.15) is 12.5 Å². The van der Waals surface area contributed by atoms with E-state index in [1.165, 1.54) is 6.92 Å². The Hall–Kier alpha value is -2.58. The lowest BCUT2D eigenvalue weighted by Crippen LogP contribution is -2.34. The summed E-state index contributed by atoms with van der Waals surface area (Å²) >= 11 is 12.6. The largest absolute Gasteiger partial charge is 0.491 e. The highest BCUT2D eigenvalue weighted by Crippen LogP contribution is 2.40. The number of carbonyl (C=O) groups is 1. The Bertz CT molecular complexity index is 1040. The molecular formula is C22H21Cl2N3O4. The summed E-state index contributed by atoms with van der Waals surface area (Å²) in [6, 6.07) is 12.4. The van der Waals surface area contributed by atoms with Crippen LogP contribution in [0.5, 0.6) is 5.75 Å². The van der Waals surface area contributed by atoms with Gasteiger partial charge in [0.15, 0.2) is 0 Å². The van der Waals surface area contributed by atoms with Crippen LogP contribution in [0.4, 0.5) is 5.69 Å². The average Bonchev–Trinajstić information content (AvgIpc) is 3.38. The summed E-state index contributed by atoms with van der Waals surface area (Å²) in [5.74, 6) is -0.555. The van der Waals surface area contributed by atoms with Crippen molar-refractivity contribution in [2.24, 2.45) is 0 Å². The molecule has 9 heteroatoms. The molecule has 4 rings (SSSR count). The van der Waals surface area contributed by atoms with Crippen molar-refractivity contribution in [2.75, 3.05) is 18.5 Å². The third-order valence-electron chi connectivity index (χ3n) is 4.76. The van der Waals surface area contributed by atoms with Crippen molar-refractivity contribution < 1.29 is 19.0 Å². The Morgan fingerprint density at radius 2 is 2.10 bits per heavy atom. The molecule has 2 aromatic carbocycles. The molecule has 1 amide bonds. The van der Waals surface area contributed by atoms with Crippen LogP contribution in [0.3, 0.4) is 0 Å². The van der Waals surface area contributed by atoms with E-state index in [-0.39, 0.29) is 18.6 Å². The Labute approximate surface area is 189 Å². The van der Waals surface area contributed by atoms with Crippen LogP contribution in [0.15, 0.2) is 61.2 Å². The molecule has 0 saturated carbocycles. The number of carbonyl (C=O) groups excluding carboxylic acids is 1. The lowest BCUT2D eigenvalue weighted by molar-refractivity contribution is -0.189. The van der Waals surface area contributed by atoms with E-state index < -0.39 is 5.79 Å². The van der Waals surface area contributed by atoms with Crippen LogP contribution >= 0.6 is 23.2 Å². The van der Waals surface area contributed by atoms with Gasteiger partial charge in [-0.1, -0.05) is 29.3 Å². The predicted molar refractivity (Wildman–Crippen MR) is 117 cm³/mol. The second kappa shape index (κ2) is 9.28. The summed E-state index contributed by atoms with van der Waals surface area (Å²) < 4.78 is 20.2. The van der Waals surface area contributed by atoms with Crippen LogP contribution in [-0.2, 0) is 26.6 Å². The minimum Gasteiger partial charge on any atom is -0.491 e. The van der Waals surface area contributed by atoms with E-state index in [0.717, 1.165) is 0 Å². The maximum atomic E-state index is 11.1. The number of amides is 1. The summed E-state index contributed by atoms with van der Waals surface area (Å²) in [7, 11) is 0. The molecule has 2 atom stereocenters. The minimum absolute atomic E-state index is 0.125. The zero-order valence-corrected chi connectivity index (χ0v) is 18.3. The normalized spacial score (nSPS) is 20.5. The standard InChI is InChI=1S/C22H21Cl2N3O4/c1-15(28)26-17-3-5-18(6-4-17)29-11-19-12-30-22(31-19,13-27-9-8-25-14-27)20-7-2-16(23)10-21(20)24/h2-10,14,19H,11-13H2,1H3,(H,26,28)/t19-,22-/m1/s1. The quantitative estimate of drug-likeness (QED) is 0.560. The summed E-state index contributed by atoms with van der Waals surface area (Å²) in [4.78, 5) is 15.2. The van der Waals surface area contributed by atoms with Gasteiger partial charge in [0.05, 0.1) is 24.5 Å². The number of hydrogen-bond acceptors (Lipinski definition) is 5. The van der Waals surface area contributed by atoms with Crippen LogP contribution < -0.4 is 10.1 Å². The number of halogens is 2. The third-order valence-corrected chi connectivity index (χ3v) is 5.31. The van der Waals surface area contributed by atoms with E-state index in [2.05, 4.69) is 10.3 Å². The number of rotatable bonds is 7. The number of hydrogen-bond donors (Lipinski definition) is 1. The molecule has 162 valence electrons. The first-order valence-corrected chi connectivity index (χ1v) is 10.4. The Balaban J connectivity index is 1.47. The molecule has 0 spiro atoms. The number of imidazole rings is 1. The fourth-order valence-electron chi connectivity index (χ4n) is 3.40. The summed E-state index contributed by atoms with van der Waals surface area (Å²) in [6.07, 6.45) is 4.90. The van der Waals surface area contributed by atoms with Gasteiger partial charge in [-0.05, 0) is 36.4 Å². The lowest BCUT2D eigenvalue weighted by Gasteiger charge is -2.30. The SMILES string of the molecule is CC(=O)Nc1ccc(OC[C@@H]2CO[C@@](Cn3ccnc3)(c3ccc(Cl)cc3Cl)O2)cc1. The van der Waals surface area contributed by atoms with Gasteiger partial charge in [-0.3, -0.25) is 4.79 Å². The number of benzene rings is 2. The molecule has 7 nitrogen and oxygen atoms in total. The Kier molecular flexibility index (Phi) is 6.48. The van der Waals surface area contributed by atoms with Crippen LogP contribution in [0.25, 0.3) is 0 Å². The molecule has 1 saturated heterocycles. The number of anilines is 1. The second-order valence-corrected chi connectivity index (χ2v) is 8.02. The third kappa shape index (κ3) is 5.19. The zero-order valence-electron chi connectivity index (χ0n) is 16.8. The maximum Gasteiger partial charge on any atom is 0.221 e. The first kappa shape index (κ1) is 21.6. The molecule has 0 bridgehead atoms. The van der Waals surface area contributed by atoms with Crippen LogP contribution in [0.2, 0.25) is 10.0 Å². The van der Waals surface area contributed by atoms with Crippen molar-refractivity contribution in [1.82, 2.24) is 9.55 Å². The highest BCUT2D eigenvalue weighted by Gasteiger charge is 2.45. The maximum absolute atomic E-state index is 11.1. The number of aromatic nitrogens is 2. The molecule has 1 fully saturated rings. The molecule has 0 aliphatic carbocycles. The van der Waals surface area contributed by atoms with Crippen molar-refractivity contribution in [2.45, 2.75) is 25.4 Å². The van der Waals surface area contributed by atoms with E-state index in [1.807, 2.05) is 16.8 Å². The van der Waals surface area contributed by atoms with Gasteiger partial charge in [0, 0.05) is 35.6 Å². The Morgan fingerprint density at radius 3 is 2.77 bits per heavy atom. The van der Waals surface area contributed by atoms with Crippen molar-refractivity contribution in [1.29, 1.82) is 0 Å². The van der Waals surface area contributed by atoms with E-state index >= 15 is 0 Å². The zero-order chi connectivity index (χ0) is 21.8. The monoisotopic (exact) mass is 461 g/mol. The molecule has 1 aromatic heterocycles. The number of nitrogens with zero attached hydrogens (tertiary/aromatic N) is 2. The second-order valence-electron chi connectivity index (χ2n) is 7.18. The predicted octanol–water partition coefficient (Wildman–Crippen LogP) is 4.50. The summed E-state index contributed by atoms with van der Waals surface area (Å²) in [5.41, 5.74) is 1.39. The van der Waals surface area contributed by atoms with E-state index in [4.69, 9.17) is 37.4 Å². The van der Waals surface area contributed by atoms with Gasteiger partial charge in [-0.15, -0.1) is 0 Å². The van der Waals surface area contributed by atoms with Gasteiger partial charge in [0.1, 0.15) is 18.5 Å². The molecule has 0 radical (unpaired) electrons. The summed E-state index contributed by atoms with van der Waals surface area (Å²) in [6.45, 7) is 2.45. The topological polar surface area (TPSA) is 74.6 Å². The summed E-state index contributed by atoms with van der Waals surface area (Å²) in [5, 5.41) is 3.72. The van der Waals surface area contributed by atoms with E-state index in [0.29, 0.717) is 40.2 Å². The highest BCUT2D eigenvalue weighted by molar-refractivity contribution is 6.35.